The molecule has 4 aromatic rings. The monoisotopic (exact) mass is 377 g/mol. The van der Waals surface area contributed by atoms with Crippen molar-refractivity contribution >= 4 is 27.6 Å². The maximum atomic E-state index is 5.46. The Kier molecular flexibility index (Phi) is 4.50. The molecule has 0 spiro atoms. The van der Waals surface area contributed by atoms with Crippen molar-refractivity contribution < 1.29 is 9.47 Å². The van der Waals surface area contributed by atoms with Crippen molar-refractivity contribution in [2.75, 3.05) is 19.5 Å². The number of benzene rings is 2. The molecule has 1 atom stereocenters. The number of nitrogens with zero attached hydrogens (tertiary/aromatic N) is 3. The van der Waals surface area contributed by atoms with E-state index in [0.717, 1.165) is 38.9 Å². The maximum Gasteiger partial charge on any atom is 0.162 e. The van der Waals surface area contributed by atoms with Crippen molar-refractivity contribution in [2.24, 2.45) is 0 Å². The minimum Gasteiger partial charge on any atom is -0.493 e. The summed E-state index contributed by atoms with van der Waals surface area (Å²) < 4.78 is 10.9. The zero-order valence-electron chi connectivity index (χ0n) is 16.6. The Morgan fingerprint density at radius 1 is 1.00 bits per heavy atom. The fraction of sp³-hybridized carbons (Fsp3) is 0.286. The van der Waals surface area contributed by atoms with Gasteiger partial charge in [-0.25, -0.2) is 9.97 Å². The Morgan fingerprint density at radius 2 is 1.75 bits per heavy atom. The van der Waals surface area contributed by atoms with Gasteiger partial charge in [0.05, 0.1) is 31.3 Å². The molecule has 7 nitrogen and oxygen atoms in total. The van der Waals surface area contributed by atoms with Gasteiger partial charge in [0.2, 0.25) is 0 Å². The summed E-state index contributed by atoms with van der Waals surface area (Å²) in [5, 5.41) is 13.0. The Morgan fingerprint density at radius 3 is 2.50 bits per heavy atom. The Labute approximate surface area is 163 Å². The first-order valence-electron chi connectivity index (χ1n) is 9.12. The highest BCUT2D eigenvalue weighted by molar-refractivity contribution is 5.92. The lowest BCUT2D eigenvalue weighted by Crippen LogP contribution is -2.10. The van der Waals surface area contributed by atoms with Crippen LogP contribution in [0.25, 0.3) is 21.8 Å². The molecule has 0 fully saturated rings. The van der Waals surface area contributed by atoms with E-state index in [1.165, 1.54) is 0 Å². The van der Waals surface area contributed by atoms with Crippen LogP contribution in [0.3, 0.4) is 0 Å². The molecular weight excluding hydrogens is 354 g/mol. The quantitative estimate of drug-likeness (QED) is 0.539. The van der Waals surface area contributed by atoms with E-state index in [1.54, 1.807) is 14.2 Å². The molecule has 0 aliphatic rings. The van der Waals surface area contributed by atoms with Gasteiger partial charge < -0.3 is 14.8 Å². The van der Waals surface area contributed by atoms with Crippen LogP contribution < -0.4 is 14.8 Å². The molecule has 2 heterocycles. The van der Waals surface area contributed by atoms with Gasteiger partial charge in [0.25, 0.3) is 0 Å². The van der Waals surface area contributed by atoms with Crippen LogP contribution in [0.5, 0.6) is 11.5 Å². The summed E-state index contributed by atoms with van der Waals surface area (Å²) in [7, 11) is 3.24. The van der Waals surface area contributed by atoms with Crippen molar-refractivity contribution in [3.05, 3.63) is 47.4 Å². The second-order valence-corrected chi connectivity index (χ2v) is 6.80. The Hall–Kier alpha value is -3.35. The second-order valence-electron chi connectivity index (χ2n) is 6.80. The van der Waals surface area contributed by atoms with Gasteiger partial charge in [-0.15, -0.1) is 0 Å². The van der Waals surface area contributed by atoms with Gasteiger partial charge in [0.15, 0.2) is 11.5 Å². The smallest absolute Gasteiger partial charge is 0.162 e. The van der Waals surface area contributed by atoms with Gasteiger partial charge in [0.1, 0.15) is 11.6 Å². The zero-order chi connectivity index (χ0) is 19.8. The van der Waals surface area contributed by atoms with E-state index < -0.39 is 0 Å². The predicted molar refractivity (Wildman–Crippen MR) is 110 cm³/mol. The zero-order valence-corrected chi connectivity index (χ0v) is 16.6. The van der Waals surface area contributed by atoms with E-state index in [2.05, 4.69) is 38.5 Å². The molecule has 0 saturated heterocycles. The van der Waals surface area contributed by atoms with Crippen LogP contribution in [0.2, 0.25) is 0 Å². The number of aromatic nitrogens is 4. The van der Waals surface area contributed by atoms with Crippen LogP contribution >= 0.6 is 0 Å². The Balaban J connectivity index is 1.81. The van der Waals surface area contributed by atoms with E-state index in [1.807, 2.05) is 38.1 Å². The molecule has 0 aliphatic carbocycles. The summed E-state index contributed by atoms with van der Waals surface area (Å²) >= 11 is 0. The first-order chi connectivity index (χ1) is 13.5. The molecule has 1 unspecified atom stereocenters. The van der Waals surface area contributed by atoms with Gasteiger partial charge >= 0.3 is 0 Å². The third-order valence-corrected chi connectivity index (χ3v) is 4.93. The number of nitrogens with one attached hydrogen (secondary N) is 2. The van der Waals surface area contributed by atoms with Gasteiger partial charge in [-0.3, -0.25) is 5.10 Å². The number of aryl methyl sites for hydroxylation is 2. The third kappa shape index (κ3) is 2.98. The van der Waals surface area contributed by atoms with Gasteiger partial charge in [-0.05, 0) is 38.5 Å². The number of anilines is 1. The average molecular weight is 377 g/mol. The summed E-state index contributed by atoms with van der Waals surface area (Å²) in [6.45, 7) is 6.03. The van der Waals surface area contributed by atoms with E-state index in [0.29, 0.717) is 17.3 Å². The minimum absolute atomic E-state index is 0.0191. The first kappa shape index (κ1) is 18.0. The molecule has 0 saturated carbocycles. The van der Waals surface area contributed by atoms with Gasteiger partial charge in [-0.1, -0.05) is 12.1 Å². The topological polar surface area (TPSA) is 85.0 Å². The summed E-state index contributed by atoms with van der Waals surface area (Å²) in [5.41, 5.74) is 3.97. The SMILES string of the molecule is COc1cc2nc(C)nc(NC(C)c3cccc4n[nH]c(C)c34)c2cc1OC. The number of H-pyrrole nitrogens is 1. The molecule has 2 aromatic carbocycles. The normalized spacial score (nSPS) is 12.3. The van der Waals surface area contributed by atoms with E-state index in [-0.39, 0.29) is 6.04 Å². The standard InChI is InChI=1S/C21H23N5O2/c1-11(14-7-6-8-16-20(14)12(2)25-26-16)22-21-15-9-18(27-4)19(28-5)10-17(15)23-13(3)24-21/h6-11H,1-5H3,(H,25,26)(H,22,23,24). The lowest BCUT2D eigenvalue weighted by Gasteiger charge is -2.18. The number of hydrogen-bond donors (Lipinski definition) is 2. The highest BCUT2D eigenvalue weighted by atomic mass is 16.5. The average Bonchev–Trinajstić information content (AvgIpc) is 3.08. The van der Waals surface area contributed by atoms with Crippen molar-refractivity contribution in [1.29, 1.82) is 0 Å². The largest absolute Gasteiger partial charge is 0.493 e. The number of ether oxygens (including phenoxy) is 2. The lowest BCUT2D eigenvalue weighted by molar-refractivity contribution is 0.356. The summed E-state index contributed by atoms with van der Waals surface area (Å²) in [4.78, 5) is 9.20. The molecular formula is C21H23N5O2. The van der Waals surface area contributed by atoms with Crippen LogP contribution in [0.15, 0.2) is 30.3 Å². The van der Waals surface area contributed by atoms with E-state index in [9.17, 15) is 0 Å². The minimum atomic E-state index is 0.0191. The molecule has 4 rings (SSSR count). The molecule has 28 heavy (non-hydrogen) atoms. The van der Waals surface area contributed by atoms with Crippen molar-refractivity contribution in [3.63, 3.8) is 0 Å². The number of hydrogen-bond acceptors (Lipinski definition) is 6. The molecule has 144 valence electrons. The van der Waals surface area contributed by atoms with Crippen molar-refractivity contribution in [2.45, 2.75) is 26.8 Å². The number of aromatic amines is 1. The van der Waals surface area contributed by atoms with Crippen molar-refractivity contribution in [1.82, 2.24) is 20.2 Å². The number of rotatable bonds is 5. The fourth-order valence-electron chi connectivity index (χ4n) is 3.58. The lowest BCUT2D eigenvalue weighted by atomic mass is 10.0. The molecule has 2 aromatic heterocycles. The summed E-state index contributed by atoms with van der Waals surface area (Å²) in [6, 6.07) is 9.95. The van der Waals surface area contributed by atoms with E-state index >= 15 is 0 Å². The molecule has 2 N–H and O–H groups in total. The number of fused-ring (bicyclic) bond motifs is 2. The molecule has 0 aliphatic heterocycles. The van der Waals surface area contributed by atoms with Gasteiger partial charge in [0, 0.05) is 22.5 Å². The van der Waals surface area contributed by atoms with Crippen LogP contribution in [-0.4, -0.2) is 34.4 Å². The predicted octanol–water partition coefficient (Wildman–Crippen LogP) is 4.31. The van der Waals surface area contributed by atoms with E-state index in [4.69, 9.17) is 9.47 Å². The summed E-state index contributed by atoms with van der Waals surface area (Å²) in [5.74, 6) is 2.73. The fourth-order valence-corrected chi connectivity index (χ4v) is 3.58. The first-order valence-corrected chi connectivity index (χ1v) is 9.12. The highest BCUT2D eigenvalue weighted by Crippen LogP contribution is 2.35. The van der Waals surface area contributed by atoms with Gasteiger partial charge in [-0.2, -0.15) is 5.10 Å². The number of methoxy groups -OCH3 is 2. The van der Waals surface area contributed by atoms with Crippen molar-refractivity contribution in [3.8, 4) is 11.5 Å². The molecule has 0 radical (unpaired) electrons. The molecule has 0 bridgehead atoms. The van der Waals surface area contributed by atoms with Crippen LogP contribution in [0.4, 0.5) is 5.82 Å². The highest BCUT2D eigenvalue weighted by Gasteiger charge is 2.17. The molecule has 0 amide bonds. The van der Waals surface area contributed by atoms with Crippen LogP contribution in [-0.2, 0) is 0 Å². The maximum absolute atomic E-state index is 5.46. The second kappa shape index (κ2) is 6.99. The van der Waals surface area contributed by atoms with Crippen LogP contribution in [0, 0.1) is 13.8 Å². The summed E-state index contributed by atoms with van der Waals surface area (Å²) in [6.07, 6.45) is 0. The van der Waals surface area contributed by atoms with Crippen LogP contribution in [0.1, 0.15) is 30.0 Å². The Bertz CT molecular complexity index is 1170. The third-order valence-electron chi connectivity index (χ3n) is 4.93. The molecule has 7 heteroatoms.